The van der Waals surface area contributed by atoms with E-state index in [1.807, 2.05) is 6.20 Å². The maximum atomic E-state index is 5.55. The number of rotatable bonds is 7. The average molecular weight is 272 g/mol. The summed E-state index contributed by atoms with van der Waals surface area (Å²) in [5, 5.41) is 3.54. The Balaban J connectivity index is 2.16. The molecule has 0 radical (unpaired) electrons. The van der Waals surface area contributed by atoms with Crippen LogP contribution in [0.4, 0.5) is 0 Å². The SMILES string of the molecule is CCNC(Cc1ccc(CC)cn1)c1ccoc1CC. The number of nitrogens with zero attached hydrogens (tertiary/aromatic N) is 1. The zero-order chi connectivity index (χ0) is 14.4. The third-order valence-corrected chi connectivity index (χ3v) is 3.63. The molecule has 0 aliphatic rings. The molecular weight excluding hydrogens is 248 g/mol. The van der Waals surface area contributed by atoms with Crippen molar-refractivity contribution in [2.24, 2.45) is 0 Å². The Bertz CT molecular complexity index is 516. The van der Waals surface area contributed by atoms with Gasteiger partial charge in [0.25, 0.3) is 0 Å². The van der Waals surface area contributed by atoms with E-state index in [2.05, 4.69) is 49.3 Å². The van der Waals surface area contributed by atoms with Crippen LogP contribution in [0.1, 0.15) is 49.4 Å². The molecule has 3 nitrogen and oxygen atoms in total. The van der Waals surface area contributed by atoms with Gasteiger partial charge in [0.1, 0.15) is 5.76 Å². The molecule has 0 amide bonds. The third-order valence-electron chi connectivity index (χ3n) is 3.63. The Hall–Kier alpha value is -1.61. The zero-order valence-electron chi connectivity index (χ0n) is 12.6. The van der Waals surface area contributed by atoms with Crippen LogP contribution < -0.4 is 5.32 Å². The molecule has 0 aliphatic heterocycles. The smallest absolute Gasteiger partial charge is 0.108 e. The first-order valence-corrected chi connectivity index (χ1v) is 7.51. The fourth-order valence-electron chi connectivity index (χ4n) is 2.48. The van der Waals surface area contributed by atoms with Gasteiger partial charge in [-0.05, 0) is 30.7 Å². The highest BCUT2D eigenvalue weighted by atomic mass is 16.3. The zero-order valence-corrected chi connectivity index (χ0v) is 12.6. The van der Waals surface area contributed by atoms with Crippen LogP contribution in [0.25, 0.3) is 0 Å². The Morgan fingerprint density at radius 3 is 2.60 bits per heavy atom. The number of hydrogen-bond donors (Lipinski definition) is 1. The van der Waals surface area contributed by atoms with E-state index in [4.69, 9.17) is 4.42 Å². The van der Waals surface area contributed by atoms with Gasteiger partial charge in [0.15, 0.2) is 0 Å². The number of furan rings is 1. The number of pyridine rings is 1. The lowest BCUT2D eigenvalue weighted by Gasteiger charge is -2.17. The second-order valence-electron chi connectivity index (χ2n) is 4.98. The Labute approximate surface area is 121 Å². The van der Waals surface area contributed by atoms with Crippen molar-refractivity contribution in [1.29, 1.82) is 0 Å². The first-order chi connectivity index (χ1) is 9.78. The molecule has 3 heteroatoms. The van der Waals surface area contributed by atoms with Gasteiger partial charge in [-0.25, -0.2) is 0 Å². The first-order valence-electron chi connectivity index (χ1n) is 7.51. The number of nitrogens with one attached hydrogen (secondary N) is 1. The van der Waals surface area contributed by atoms with Crippen LogP contribution >= 0.6 is 0 Å². The van der Waals surface area contributed by atoms with Gasteiger partial charge in [0.05, 0.1) is 6.26 Å². The molecule has 2 heterocycles. The van der Waals surface area contributed by atoms with Crippen LogP contribution in [-0.2, 0) is 19.3 Å². The summed E-state index contributed by atoms with van der Waals surface area (Å²) in [6.07, 6.45) is 6.61. The third kappa shape index (κ3) is 3.48. The van der Waals surface area contributed by atoms with Gasteiger partial charge in [0.2, 0.25) is 0 Å². The number of aryl methyl sites for hydroxylation is 2. The van der Waals surface area contributed by atoms with Gasteiger partial charge < -0.3 is 9.73 Å². The molecule has 1 atom stereocenters. The molecule has 0 fully saturated rings. The highest BCUT2D eigenvalue weighted by Gasteiger charge is 2.17. The maximum absolute atomic E-state index is 5.55. The van der Waals surface area contributed by atoms with Crippen molar-refractivity contribution < 1.29 is 4.42 Å². The molecule has 2 aromatic heterocycles. The fraction of sp³-hybridized carbons (Fsp3) is 0.471. The van der Waals surface area contributed by atoms with Crippen molar-refractivity contribution in [2.75, 3.05) is 6.54 Å². The molecule has 1 N–H and O–H groups in total. The van der Waals surface area contributed by atoms with Gasteiger partial charge in [-0.2, -0.15) is 0 Å². The molecule has 2 aromatic rings. The van der Waals surface area contributed by atoms with Crippen molar-refractivity contribution in [3.8, 4) is 0 Å². The largest absolute Gasteiger partial charge is 0.469 e. The molecule has 0 aromatic carbocycles. The summed E-state index contributed by atoms with van der Waals surface area (Å²) in [6.45, 7) is 7.34. The predicted molar refractivity (Wildman–Crippen MR) is 81.8 cm³/mol. The van der Waals surface area contributed by atoms with Crippen molar-refractivity contribution in [2.45, 2.75) is 46.1 Å². The summed E-state index contributed by atoms with van der Waals surface area (Å²) in [5.41, 5.74) is 3.67. The topological polar surface area (TPSA) is 38.1 Å². The lowest BCUT2D eigenvalue weighted by molar-refractivity contribution is 0.485. The van der Waals surface area contributed by atoms with Crippen LogP contribution in [0, 0.1) is 0 Å². The van der Waals surface area contributed by atoms with Crippen molar-refractivity contribution in [1.82, 2.24) is 10.3 Å². The highest BCUT2D eigenvalue weighted by Crippen LogP contribution is 2.23. The summed E-state index contributed by atoms with van der Waals surface area (Å²) in [5.74, 6) is 1.07. The monoisotopic (exact) mass is 272 g/mol. The van der Waals surface area contributed by atoms with Gasteiger partial charge in [-0.3, -0.25) is 4.98 Å². The maximum Gasteiger partial charge on any atom is 0.108 e. The van der Waals surface area contributed by atoms with Crippen LogP contribution in [0.5, 0.6) is 0 Å². The van der Waals surface area contributed by atoms with E-state index in [9.17, 15) is 0 Å². The van der Waals surface area contributed by atoms with Crippen LogP contribution in [0.3, 0.4) is 0 Å². The van der Waals surface area contributed by atoms with Crippen molar-refractivity contribution in [3.05, 3.63) is 53.2 Å². The molecule has 0 bridgehead atoms. The Morgan fingerprint density at radius 1 is 1.15 bits per heavy atom. The standard InChI is InChI=1S/C17H24N2O/c1-4-13-7-8-14(19-12-13)11-16(18-6-3)15-9-10-20-17(15)5-2/h7-10,12,16,18H,4-6,11H2,1-3H3. The molecule has 20 heavy (non-hydrogen) atoms. The summed E-state index contributed by atoms with van der Waals surface area (Å²) in [4.78, 5) is 4.57. The van der Waals surface area contributed by atoms with E-state index < -0.39 is 0 Å². The Kier molecular flexibility index (Phi) is 5.36. The molecule has 2 rings (SSSR count). The highest BCUT2D eigenvalue weighted by molar-refractivity contribution is 5.24. The van der Waals surface area contributed by atoms with E-state index in [0.29, 0.717) is 0 Å². The van der Waals surface area contributed by atoms with Crippen LogP contribution in [-0.4, -0.2) is 11.5 Å². The van der Waals surface area contributed by atoms with Crippen LogP contribution in [0.2, 0.25) is 0 Å². The van der Waals surface area contributed by atoms with E-state index in [1.54, 1.807) is 6.26 Å². The van der Waals surface area contributed by atoms with Gasteiger partial charge in [-0.1, -0.05) is 26.8 Å². The van der Waals surface area contributed by atoms with Gasteiger partial charge >= 0.3 is 0 Å². The number of hydrogen-bond acceptors (Lipinski definition) is 3. The molecule has 0 saturated carbocycles. The van der Waals surface area contributed by atoms with E-state index in [-0.39, 0.29) is 6.04 Å². The Morgan fingerprint density at radius 2 is 2.00 bits per heavy atom. The molecule has 1 unspecified atom stereocenters. The molecule has 0 saturated heterocycles. The first kappa shape index (κ1) is 14.8. The van der Waals surface area contributed by atoms with Crippen LogP contribution in [0.15, 0.2) is 35.1 Å². The van der Waals surface area contributed by atoms with Crippen molar-refractivity contribution in [3.63, 3.8) is 0 Å². The summed E-state index contributed by atoms with van der Waals surface area (Å²) < 4.78 is 5.55. The summed E-state index contributed by atoms with van der Waals surface area (Å²) in [7, 11) is 0. The van der Waals surface area contributed by atoms with E-state index in [1.165, 1.54) is 11.1 Å². The lowest BCUT2D eigenvalue weighted by Crippen LogP contribution is -2.23. The molecule has 0 spiro atoms. The van der Waals surface area contributed by atoms with E-state index in [0.717, 1.165) is 37.3 Å². The molecule has 0 aliphatic carbocycles. The quantitative estimate of drug-likeness (QED) is 0.835. The summed E-state index contributed by atoms with van der Waals surface area (Å²) in [6, 6.07) is 6.65. The molecule has 108 valence electrons. The average Bonchev–Trinajstić information content (AvgIpc) is 2.96. The van der Waals surface area contributed by atoms with E-state index >= 15 is 0 Å². The lowest BCUT2D eigenvalue weighted by atomic mass is 10.0. The minimum atomic E-state index is 0.272. The minimum absolute atomic E-state index is 0.272. The van der Waals surface area contributed by atoms with Gasteiger partial charge in [-0.15, -0.1) is 0 Å². The fourth-order valence-corrected chi connectivity index (χ4v) is 2.48. The number of aromatic nitrogens is 1. The van der Waals surface area contributed by atoms with Crippen molar-refractivity contribution >= 4 is 0 Å². The number of likely N-dealkylation sites (N-methyl/N-ethyl adjacent to an activating group) is 1. The minimum Gasteiger partial charge on any atom is -0.469 e. The second-order valence-corrected chi connectivity index (χ2v) is 4.98. The normalized spacial score (nSPS) is 12.6. The predicted octanol–water partition coefficient (Wildman–Crippen LogP) is 3.69. The second kappa shape index (κ2) is 7.25. The molecular formula is C17H24N2O. The van der Waals surface area contributed by atoms with Gasteiger partial charge in [0, 0.05) is 36.3 Å². The summed E-state index contributed by atoms with van der Waals surface area (Å²) >= 11 is 0.